The summed E-state index contributed by atoms with van der Waals surface area (Å²) in [5, 5.41) is 0. The first-order valence-electron chi connectivity index (χ1n) is 6.59. The molecular formula is C17H14FNO2. The second-order valence-corrected chi connectivity index (χ2v) is 4.87. The molecule has 3 nitrogen and oxygen atoms in total. The van der Waals surface area contributed by atoms with E-state index in [2.05, 4.69) is 0 Å². The van der Waals surface area contributed by atoms with E-state index in [9.17, 15) is 9.18 Å². The number of methoxy groups -OCH3 is 1. The van der Waals surface area contributed by atoms with E-state index in [1.165, 1.54) is 12.1 Å². The molecule has 3 aromatic rings. The Hall–Kier alpha value is -2.62. The molecule has 2 heterocycles. The number of rotatable bonds is 3. The molecule has 0 aliphatic heterocycles. The van der Waals surface area contributed by atoms with Gasteiger partial charge in [0.2, 0.25) is 0 Å². The molecule has 0 N–H and O–H groups in total. The fourth-order valence-corrected chi connectivity index (χ4v) is 2.34. The van der Waals surface area contributed by atoms with Crippen molar-refractivity contribution in [1.82, 2.24) is 4.40 Å². The minimum Gasteiger partial charge on any atom is -0.497 e. The largest absolute Gasteiger partial charge is 0.497 e. The third kappa shape index (κ3) is 2.79. The molecule has 0 unspecified atom stereocenters. The smallest absolute Gasteiger partial charge is 0.255 e. The molecule has 2 aromatic heterocycles. The van der Waals surface area contributed by atoms with Crippen LogP contribution in [-0.4, -0.2) is 11.5 Å². The molecule has 1 aromatic carbocycles. The highest BCUT2D eigenvalue weighted by molar-refractivity contribution is 5.53. The topological polar surface area (TPSA) is 30.7 Å². The lowest BCUT2D eigenvalue weighted by Gasteiger charge is -2.07. The van der Waals surface area contributed by atoms with Crippen LogP contribution in [0.15, 0.2) is 59.5 Å². The van der Waals surface area contributed by atoms with Gasteiger partial charge in [0.1, 0.15) is 11.6 Å². The molecule has 0 saturated carbocycles. The second-order valence-electron chi connectivity index (χ2n) is 4.87. The molecule has 0 saturated heterocycles. The summed E-state index contributed by atoms with van der Waals surface area (Å²) < 4.78 is 19.7. The zero-order valence-corrected chi connectivity index (χ0v) is 11.5. The summed E-state index contributed by atoms with van der Waals surface area (Å²) in [5.41, 5.74) is 2.54. The van der Waals surface area contributed by atoms with Crippen molar-refractivity contribution < 1.29 is 9.13 Å². The first-order chi connectivity index (χ1) is 10.2. The lowest BCUT2D eigenvalue weighted by molar-refractivity contribution is 0.414. The minimum absolute atomic E-state index is 0.0905. The Morgan fingerprint density at radius 1 is 1.05 bits per heavy atom. The number of ether oxygens (including phenoxy) is 1. The first kappa shape index (κ1) is 13.4. The summed E-state index contributed by atoms with van der Waals surface area (Å²) in [6, 6.07) is 13.4. The number of halogens is 1. The fraction of sp³-hybridized carbons (Fsp3) is 0.118. The van der Waals surface area contributed by atoms with E-state index >= 15 is 0 Å². The lowest BCUT2D eigenvalue weighted by Crippen LogP contribution is -2.13. The average Bonchev–Trinajstić information content (AvgIpc) is 2.49. The molecule has 0 spiro atoms. The molecule has 0 aliphatic carbocycles. The predicted molar refractivity (Wildman–Crippen MR) is 79.4 cm³/mol. The van der Waals surface area contributed by atoms with Crippen LogP contribution < -0.4 is 10.3 Å². The Labute approximate surface area is 121 Å². The van der Waals surface area contributed by atoms with Crippen molar-refractivity contribution in [2.45, 2.75) is 6.42 Å². The van der Waals surface area contributed by atoms with Crippen molar-refractivity contribution in [2.24, 2.45) is 0 Å². The summed E-state index contributed by atoms with van der Waals surface area (Å²) in [6.07, 6.45) is 2.28. The van der Waals surface area contributed by atoms with Crippen LogP contribution in [0, 0.1) is 5.82 Å². The van der Waals surface area contributed by atoms with Gasteiger partial charge in [-0.3, -0.25) is 9.20 Å². The summed E-state index contributed by atoms with van der Waals surface area (Å²) >= 11 is 0. The zero-order valence-electron chi connectivity index (χ0n) is 11.5. The number of hydrogen-bond donors (Lipinski definition) is 0. The van der Waals surface area contributed by atoms with Crippen LogP contribution >= 0.6 is 0 Å². The van der Waals surface area contributed by atoms with Crippen LogP contribution in [0.2, 0.25) is 0 Å². The van der Waals surface area contributed by atoms with Crippen LogP contribution in [0.1, 0.15) is 11.1 Å². The molecule has 21 heavy (non-hydrogen) atoms. The summed E-state index contributed by atoms with van der Waals surface area (Å²) in [5.74, 6) is 0.440. The van der Waals surface area contributed by atoms with Gasteiger partial charge in [0.05, 0.1) is 12.6 Å². The van der Waals surface area contributed by atoms with Crippen LogP contribution in [0.5, 0.6) is 5.75 Å². The van der Waals surface area contributed by atoms with Crippen LogP contribution in [0.4, 0.5) is 4.39 Å². The maximum absolute atomic E-state index is 12.9. The monoisotopic (exact) mass is 283 g/mol. The Morgan fingerprint density at radius 2 is 1.81 bits per heavy atom. The highest BCUT2D eigenvalue weighted by Gasteiger charge is 2.03. The molecule has 0 radical (unpaired) electrons. The van der Waals surface area contributed by atoms with E-state index in [1.807, 2.05) is 12.1 Å². The molecule has 3 rings (SSSR count). The second kappa shape index (κ2) is 5.40. The van der Waals surface area contributed by atoms with Gasteiger partial charge in [-0.05, 0) is 41.8 Å². The van der Waals surface area contributed by atoms with Gasteiger partial charge in [-0.15, -0.1) is 0 Å². The zero-order chi connectivity index (χ0) is 14.8. The van der Waals surface area contributed by atoms with Crippen molar-refractivity contribution in [3.05, 3.63) is 82.0 Å². The van der Waals surface area contributed by atoms with Crippen molar-refractivity contribution >= 4 is 5.52 Å². The van der Waals surface area contributed by atoms with E-state index in [4.69, 9.17) is 4.74 Å². The van der Waals surface area contributed by atoms with Gasteiger partial charge in [-0.1, -0.05) is 12.1 Å². The highest BCUT2D eigenvalue weighted by atomic mass is 19.1. The molecule has 4 heteroatoms. The Morgan fingerprint density at radius 3 is 2.52 bits per heavy atom. The van der Waals surface area contributed by atoms with Gasteiger partial charge in [0.15, 0.2) is 0 Å². The van der Waals surface area contributed by atoms with Crippen LogP contribution in [0.3, 0.4) is 0 Å². The van der Waals surface area contributed by atoms with E-state index in [0.717, 1.165) is 16.6 Å². The Bertz CT molecular complexity index is 838. The first-order valence-corrected chi connectivity index (χ1v) is 6.59. The standard InChI is InChI=1S/C17H14FNO2/c1-21-16-6-7-19-15(11-16)9-13(10-17(19)20)8-12-2-4-14(18)5-3-12/h2-7,9-11H,8H2,1H3. The number of hydrogen-bond acceptors (Lipinski definition) is 2. The van der Waals surface area contributed by atoms with Gasteiger partial charge in [-0.25, -0.2) is 4.39 Å². The van der Waals surface area contributed by atoms with Crippen molar-refractivity contribution in [3.63, 3.8) is 0 Å². The Balaban J connectivity index is 2.02. The van der Waals surface area contributed by atoms with E-state index in [1.54, 1.807) is 42.0 Å². The van der Waals surface area contributed by atoms with Gasteiger partial charge < -0.3 is 4.74 Å². The molecule has 0 bridgehead atoms. The van der Waals surface area contributed by atoms with Gasteiger partial charge in [0, 0.05) is 18.3 Å². The quantitative estimate of drug-likeness (QED) is 0.739. The number of nitrogens with zero attached hydrogens (tertiary/aromatic N) is 1. The van der Waals surface area contributed by atoms with E-state index in [-0.39, 0.29) is 11.4 Å². The molecular weight excluding hydrogens is 269 g/mol. The van der Waals surface area contributed by atoms with Gasteiger partial charge in [0.25, 0.3) is 5.56 Å². The van der Waals surface area contributed by atoms with E-state index in [0.29, 0.717) is 12.2 Å². The predicted octanol–water partition coefficient (Wildman–Crippen LogP) is 3.04. The van der Waals surface area contributed by atoms with Gasteiger partial charge in [-0.2, -0.15) is 0 Å². The molecule has 0 fully saturated rings. The third-order valence-corrected chi connectivity index (χ3v) is 3.39. The van der Waals surface area contributed by atoms with Crippen LogP contribution in [0.25, 0.3) is 5.52 Å². The molecule has 0 aliphatic rings. The van der Waals surface area contributed by atoms with Crippen molar-refractivity contribution in [3.8, 4) is 5.75 Å². The SMILES string of the molecule is COc1ccn2c(=O)cc(Cc3ccc(F)cc3)cc2c1. The number of fused-ring (bicyclic) bond motifs is 1. The third-order valence-electron chi connectivity index (χ3n) is 3.39. The van der Waals surface area contributed by atoms with Crippen molar-refractivity contribution in [1.29, 1.82) is 0 Å². The maximum Gasteiger partial charge on any atom is 0.255 e. The molecule has 106 valence electrons. The fourth-order valence-electron chi connectivity index (χ4n) is 2.34. The minimum atomic E-state index is -0.262. The summed E-state index contributed by atoms with van der Waals surface area (Å²) in [6.45, 7) is 0. The van der Waals surface area contributed by atoms with Crippen LogP contribution in [-0.2, 0) is 6.42 Å². The van der Waals surface area contributed by atoms with Crippen molar-refractivity contribution in [2.75, 3.05) is 7.11 Å². The number of aromatic nitrogens is 1. The molecule has 0 atom stereocenters. The van der Waals surface area contributed by atoms with Gasteiger partial charge >= 0.3 is 0 Å². The number of pyridine rings is 2. The maximum atomic E-state index is 12.9. The lowest BCUT2D eigenvalue weighted by atomic mass is 10.1. The normalized spacial score (nSPS) is 10.8. The average molecular weight is 283 g/mol. The number of benzene rings is 1. The summed E-state index contributed by atoms with van der Waals surface area (Å²) in [7, 11) is 1.59. The van der Waals surface area contributed by atoms with E-state index < -0.39 is 0 Å². The molecule has 0 amide bonds. The summed E-state index contributed by atoms with van der Waals surface area (Å²) in [4.78, 5) is 12.1. The highest BCUT2D eigenvalue weighted by Crippen LogP contribution is 2.15. The Kier molecular flexibility index (Phi) is 3.44.